The summed E-state index contributed by atoms with van der Waals surface area (Å²) >= 11 is 0. The molecule has 4 rings (SSSR count). The number of nitrogens with one attached hydrogen (secondary N) is 1. The van der Waals surface area contributed by atoms with E-state index in [-0.39, 0.29) is 5.91 Å². The fourth-order valence-corrected chi connectivity index (χ4v) is 3.43. The van der Waals surface area contributed by atoms with E-state index in [0.717, 1.165) is 21.9 Å². The lowest BCUT2D eigenvalue weighted by Crippen LogP contribution is -2.24. The third-order valence-electron chi connectivity index (χ3n) is 4.95. The smallest absolute Gasteiger partial charge is 0.224 e. The predicted octanol–water partition coefficient (Wildman–Crippen LogP) is 5.07. The number of hydrogen-bond acceptors (Lipinski definition) is 2. The van der Waals surface area contributed by atoms with Gasteiger partial charge in [0, 0.05) is 24.3 Å². The van der Waals surface area contributed by atoms with Crippen LogP contribution in [0.2, 0.25) is 0 Å². The van der Waals surface area contributed by atoms with Gasteiger partial charge in [-0.3, -0.25) is 9.78 Å². The first-order valence-corrected chi connectivity index (χ1v) is 9.44. The highest BCUT2D eigenvalue weighted by Crippen LogP contribution is 2.30. The van der Waals surface area contributed by atoms with Gasteiger partial charge in [-0.1, -0.05) is 72.3 Å². The lowest BCUT2D eigenvalue weighted by atomic mass is 9.95. The summed E-state index contributed by atoms with van der Waals surface area (Å²) in [7, 11) is 0. The van der Waals surface area contributed by atoms with Gasteiger partial charge in [0.1, 0.15) is 0 Å². The molecular weight excluding hydrogens is 344 g/mol. The quantitative estimate of drug-likeness (QED) is 0.536. The average Bonchev–Trinajstić information content (AvgIpc) is 2.73. The van der Waals surface area contributed by atoms with E-state index < -0.39 is 0 Å². The number of carbonyl (C=O) groups excluding carboxylic acids is 1. The van der Waals surface area contributed by atoms with Gasteiger partial charge in [0.25, 0.3) is 0 Å². The van der Waals surface area contributed by atoms with Gasteiger partial charge in [0.05, 0.1) is 6.42 Å². The van der Waals surface area contributed by atoms with Crippen LogP contribution >= 0.6 is 0 Å². The summed E-state index contributed by atoms with van der Waals surface area (Å²) in [6.45, 7) is 2.58. The molecule has 0 bridgehead atoms. The van der Waals surface area contributed by atoms with Crippen LogP contribution in [0.25, 0.3) is 21.9 Å². The zero-order valence-corrected chi connectivity index (χ0v) is 15.9. The van der Waals surface area contributed by atoms with Crippen molar-refractivity contribution >= 4 is 16.7 Å². The summed E-state index contributed by atoms with van der Waals surface area (Å²) in [6.07, 6.45) is 4.09. The van der Waals surface area contributed by atoms with Crippen LogP contribution in [-0.2, 0) is 17.8 Å². The van der Waals surface area contributed by atoms with E-state index >= 15 is 0 Å². The summed E-state index contributed by atoms with van der Waals surface area (Å²) in [5.74, 6) is 0.0193. The average molecular weight is 366 g/mol. The van der Waals surface area contributed by atoms with Gasteiger partial charge in [0.15, 0.2) is 0 Å². The molecule has 0 aliphatic heterocycles. The van der Waals surface area contributed by atoms with Crippen LogP contribution in [0.1, 0.15) is 16.7 Å². The number of nitrogens with zero attached hydrogens (tertiary/aromatic N) is 1. The summed E-state index contributed by atoms with van der Waals surface area (Å²) in [4.78, 5) is 16.6. The molecule has 4 aromatic rings. The van der Waals surface area contributed by atoms with Crippen LogP contribution in [0.3, 0.4) is 0 Å². The molecule has 3 heteroatoms. The van der Waals surface area contributed by atoms with Crippen molar-refractivity contribution in [1.82, 2.24) is 10.3 Å². The maximum atomic E-state index is 12.3. The number of fused-ring (bicyclic) bond motifs is 1. The molecular formula is C25H22N2O. The second kappa shape index (κ2) is 8.05. The number of hydrogen-bond donors (Lipinski definition) is 1. The minimum absolute atomic E-state index is 0.0193. The molecule has 0 aliphatic rings. The minimum Gasteiger partial charge on any atom is -0.352 e. The van der Waals surface area contributed by atoms with Gasteiger partial charge in [-0.15, -0.1) is 0 Å². The first kappa shape index (κ1) is 17.9. The number of carbonyl (C=O) groups is 1. The van der Waals surface area contributed by atoms with Crippen molar-refractivity contribution in [2.24, 2.45) is 0 Å². The topological polar surface area (TPSA) is 42.0 Å². The SMILES string of the molecule is Cc1ccc(-c2ccc(CNC(=O)Cc3ccccc3)c3cnccc23)cc1. The molecule has 0 atom stereocenters. The Morgan fingerprint density at radius 1 is 0.893 bits per heavy atom. The monoisotopic (exact) mass is 366 g/mol. The van der Waals surface area contributed by atoms with Crippen LogP contribution in [0.15, 0.2) is 85.2 Å². The lowest BCUT2D eigenvalue weighted by molar-refractivity contribution is -0.120. The first-order chi connectivity index (χ1) is 13.7. The van der Waals surface area contributed by atoms with Crippen molar-refractivity contribution in [3.8, 4) is 11.1 Å². The van der Waals surface area contributed by atoms with Crippen molar-refractivity contribution in [2.75, 3.05) is 0 Å². The number of rotatable bonds is 5. The molecule has 0 fully saturated rings. The molecule has 0 spiro atoms. The normalized spacial score (nSPS) is 10.8. The number of aryl methyl sites for hydroxylation is 1. The molecule has 1 N–H and O–H groups in total. The van der Waals surface area contributed by atoms with Gasteiger partial charge >= 0.3 is 0 Å². The number of aromatic nitrogens is 1. The van der Waals surface area contributed by atoms with E-state index in [1.165, 1.54) is 16.7 Å². The van der Waals surface area contributed by atoms with Gasteiger partial charge in [-0.25, -0.2) is 0 Å². The Bertz CT molecular complexity index is 1100. The Morgan fingerprint density at radius 2 is 1.68 bits per heavy atom. The number of benzene rings is 3. The predicted molar refractivity (Wildman–Crippen MR) is 114 cm³/mol. The maximum Gasteiger partial charge on any atom is 0.224 e. The van der Waals surface area contributed by atoms with Crippen molar-refractivity contribution in [1.29, 1.82) is 0 Å². The van der Waals surface area contributed by atoms with E-state index in [9.17, 15) is 4.79 Å². The second-order valence-electron chi connectivity index (χ2n) is 7.00. The molecule has 0 saturated carbocycles. The van der Waals surface area contributed by atoms with Crippen LogP contribution < -0.4 is 5.32 Å². The first-order valence-electron chi connectivity index (χ1n) is 9.44. The van der Waals surface area contributed by atoms with E-state index in [4.69, 9.17) is 0 Å². The van der Waals surface area contributed by atoms with E-state index in [1.54, 1.807) is 0 Å². The standard InChI is InChI=1S/C25H22N2O/c1-18-7-9-20(10-8-18)22-12-11-21(24-17-26-14-13-23(22)24)16-27-25(28)15-19-5-3-2-4-6-19/h2-14,17H,15-16H2,1H3,(H,27,28). The van der Waals surface area contributed by atoms with E-state index in [2.05, 4.69) is 53.6 Å². The van der Waals surface area contributed by atoms with Crippen molar-refractivity contribution < 1.29 is 4.79 Å². The zero-order valence-electron chi connectivity index (χ0n) is 15.9. The summed E-state index contributed by atoms with van der Waals surface area (Å²) < 4.78 is 0. The Morgan fingerprint density at radius 3 is 2.46 bits per heavy atom. The van der Waals surface area contributed by atoms with Gasteiger partial charge in [0.2, 0.25) is 5.91 Å². The Kier molecular flexibility index (Phi) is 5.16. The fourth-order valence-electron chi connectivity index (χ4n) is 3.43. The molecule has 3 nitrogen and oxygen atoms in total. The van der Waals surface area contributed by atoms with Crippen molar-refractivity contribution in [3.05, 3.63) is 102 Å². The Labute approximate surface area is 165 Å². The zero-order chi connectivity index (χ0) is 19.3. The van der Waals surface area contributed by atoms with Crippen LogP contribution in [0, 0.1) is 6.92 Å². The second-order valence-corrected chi connectivity index (χ2v) is 7.00. The van der Waals surface area contributed by atoms with Gasteiger partial charge < -0.3 is 5.32 Å². The van der Waals surface area contributed by atoms with Crippen LogP contribution in [0.5, 0.6) is 0 Å². The number of pyridine rings is 1. The molecule has 1 amide bonds. The molecule has 0 saturated heterocycles. The third kappa shape index (κ3) is 3.94. The molecule has 1 heterocycles. The van der Waals surface area contributed by atoms with Crippen LogP contribution in [0.4, 0.5) is 0 Å². The van der Waals surface area contributed by atoms with Crippen molar-refractivity contribution in [2.45, 2.75) is 19.9 Å². The molecule has 3 aromatic carbocycles. The molecule has 0 radical (unpaired) electrons. The highest BCUT2D eigenvalue weighted by Gasteiger charge is 2.09. The molecule has 0 unspecified atom stereocenters. The summed E-state index contributed by atoms with van der Waals surface area (Å²) in [6, 6.07) is 24.6. The van der Waals surface area contributed by atoms with Gasteiger partial charge in [-0.05, 0) is 40.6 Å². The lowest BCUT2D eigenvalue weighted by Gasteiger charge is -2.12. The molecule has 1 aromatic heterocycles. The summed E-state index contributed by atoms with van der Waals surface area (Å²) in [5, 5.41) is 5.26. The van der Waals surface area contributed by atoms with Gasteiger partial charge in [-0.2, -0.15) is 0 Å². The Balaban J connectivity index is 1.58. The summed E-state index contributed by atoms with van der Waals surface area (Å²) in [5.41, 5.74) is 5.69. The van der Waals surface area contributed by atoms with Crippen LogP contribution in [-0.4, -0.2) is 10.9 Å². The van der Waals surface area contributed by atoms with E-state index in [1.807, 2.05) is 48.8 Å². The van der Waals surface area contributed by atoms with Crippen molar-refractivity contribution in [3.63, 3.8) is 0 Å². The largest absolute Gasteiger partial charge is 0.352 e. The maximum absolute atomic E-state index is 12.3. The highest BCUT2D eigenvalue weighted by atomic mass is 16.1. The molecule has 28 heavy (non-hydrogen) atoms. The minimum atomic E-state index is 0.0193. The molecule has 0 aliphatic carbocycles. The molecule has 138 valence electrons. The Hall–Kier alpha value is -3.46. The number of amides is 1. The highest BCUT2D eigenvalue weighted by molar-refractivity contribution is 5.98. The fraction of sp³-hybridized carbons (Fsp3) is 0.120. The third-order valence-corrected chi connectivity index (χ3v) is 4.95. The van der Waals surface area contributed by atoms with E-state index in [0.29, 0.717) is 13.0 Å².